The molecule has 0 heterocycles. The van der Waals surface area contributed by atoms with E-state index in [2.05, 4.69) is 36.1 Å². The number of hydrogen-bond acceptors (Lipinski definition) is 2. The van der Waals surface area contributed by atoms with Gasteiger partial charge in [-0.3, -0.25) is 4.79 Å². The molecule has 1 aliphatic rings. The van der Waals surface area contributed by atoms with Gasteiger partial charge in [-0.1, -0.05) is 37.3 Å². The van der Waals surface area contributed by atoms with Crippen molar-refractivity contribution < 1.29 is 9.53 Å². The summed E-state index contributed by atoms with van der Waals surface area (Å²) in [7, 11) is 1.65. The first-order valence-electron chi connectivity index (χ1n) is 9.16. The number of hydrogen-bond donors (Lipinski definition) is 0. The molecule has 3 heteroatoms. The van der Waals surface area contributed by atoms with Gasteiger partial charge in [0.25, 0.3) is 5.91 Å². The number of methoxy groups -OCH3 is 1. The first kappa shape index (κ1) is 17.5. The molecule has 0 radical (unpaired) electrons. The first-order chi connectivity index (χ1) is 12.1. The number of ether oxygens (including phenoxy) is 1. The van der Waals surface area contributed by atoms with Crippen LogP contribution >= 0.6 is 0 Å². The van der Waals surface area contributed by atoms with E-state index < -0.39 is 0 Å². The van der Waals surface area contributed by atoms with Gasteiger partial charge in [0.1, 0.15) is 5.75 Å². The van der Waals surface area contributed by atoms with Crippen LogP contribution in [0.2, 0.25) is 0 Å². The van der Waals surface area contributed by atoms with Gasteiger partial charge in [-0.05, 0) is 61.4 Å². The zero-order valence-corrected chi connectivity index (χ0v) is 15.4. The second-order valence-electron chi connectivity index (χ2n) is 6.85. The zero-order valence-electron chi connectivity index (χ0n) is 15.4. The Hall–Kier alpha value is -2.29. The lowest BCUT2D eigenvalue weighted by Gasteiger charge is -2.35. The van der Waals surface area contributed by atoms with Crippen molar-refractivity contribution in [1.29, 1.82) is 0 Å². The summed E-state index contributed by atoms with van der Waals surface area (Å²) in [5, 5.41) is 0. The van der Waals surface area contributed by atoms with Crippen molar-refractivity contribution in [1.82, 2.24) is 4.90 Å². The van der Waals surface area contributed by atoms with Crippen LogP contribution in [-0.2, 0) is 12.8 Å². The van der Waals surface area contributed by atoms with Gasteiger partial charge in [0.15, 0.2) is 0 Å². The molecule has 0 spiro atoms. The van der Waals surface area contributed by atoms with E-state index in [1.165, 1.54) is 11.1 Å². The van der Waals surface area contributed by atoms with Gasteiger partial charge >= 0.3 is 0 Å². The van der Waals surface area contributed by atoms with Crippen molar-refractivity contribution in [3.05, 3.63) is 64.7 Å². The maximum atomic E-state index is 13.2. The third kappa shape index (κ3) is 3.71. The fourth-order valence-corrected chi connectivity index (χ4v) is 3.75. The van der Waals surface area contributed by atoms with Gasteiger partial charge in [0.05, 0.1) is 7.11 Å². The second kappa shape index (κ2) is 7.73. The Morgan fingerprint density at radius 1 is 1.20 bits per heavy atom. The molecule has 2 aromatic carbocycles. The summed E-state index contributed by atoms with van der Waals surface area (Å²) in [6, 6.07) is 14.6. The minimum Gasteiger partial charge on any atom is -0.496 e. The molecule has 1 atom stereocenters. The number of aryl methyl sites for hydroxylation is 2. The third-order valence-corrected chi connectivity index (χ3v) is 5.14. The van der Waals surface area contributed by atoms with Crippen LogP contribution < -0.4 is 4.74 Å². The summed E-state index contributed by atoms with van der Waals surface area (Å²) in [5.41, 5.74) is 4.58. The molecule has 1 amide bonds. The molecule has 132 valence electrons. The summed E-state index contributed by atoms with van der Waals surface area (Å²) in [5.74, 6) is 0.890. The average molecular weight is 337 g/mol. The standard InChI is InChI=1S/C22H27NO2/c1-4-13-23(20-12-11-17-7-5-6-8-18(17)14-20)22(24)19-10-9-16(2)21(15-19)25-3/h5-10,15,20H,4,11-14H2,1-3H3. The topological polar surface area (TPSA) is 29.5 Å². The lowest BCUT2D eigenvalue weighted by atomic mass is 9.87. The highest BCUT2D eigenvalue weighted by atomic mass is 16.5. The van der Waals surface area contributed by atoms with E-state index in [1.54, 1.807) is 7.11 Å². The molecule has 0 bridgehead atoms. The van der Waals surface area contributed by atoms with Crippen LogP contribution in [-0.4, -0.2) is 30.5 Å². The van der Waals surface area contributed by atoms with Crippen LogP contribution in [0, 0.1) is 6.92 Å². The molecule has 0 aromatic heterocycles. The van der Waals surface area contributed by atoms with Gasteiger partial charge in [0, 0.05) is 18.2 Å². The SMILES string of the molecule is CCCN(C(=O)c1ccc(C)c(OC)c1)C1CCc2ccccc2C1. The van der Waals surface area contributed by atoms with Crippen molar-refractivity contribution in [3.8, 4) is 5.75 Å². The highest BCUT2D eigenvalue weighted by molar-refractivity contribution is 5.95. The van der Waals surface area contributed by atoms with Gasteiger partial charge in [0.2, 0.25) is 0 Å². The molecule has 0 N–H and O–H groups in total. The molecule has 1 aliphatic carbocycles. The van der Waals surface area contributed by atoms with E-state index in [0.717, 1.165) is 49.1 Å². The Morgan fingerprint density at radius 3 is 2.68 bits per heavy atom. The Morgan fingerprint density at radius 2 is 1.96 bits per heavy atom. The smallest absolute Gasteiger partial charge is 0.254 e. The Labute approximate surface area is 150 Å². The van der Waals surface area contributed by atoms with Gasteiger partial charge in [-0.25, -0.2) is 0 Å². The summed E-state index contributed by atoms with van der Waals surface area (Å²) in [6.45, 7) is 4.92. The van der Waals surface area contributed by atoms with E-state index in [4.69, 9.17) is 4.74 Å². The largest absolute Gasteiger partial charge is 0.496 e. The molecular weight excluding hydrogens is 310 g/mol. The molecule has 0 aliphatic heterocycles. The van der Waals surface area contributed by atoms with Crippen LogP contribution in [0.4, 0.5) is 0 Å². The Bertz CT molecular complexity index is 753. The van der Waals surface area contributed by atoms with E-state index in [-0.39, 0.29) is 11.9 Å². The van der Waals surface area contributed by atoms with Crippen LogP contribution in [0.5, 0.6) is 5.75 Å². The maximum absolute atomic E-state index is 13.2. The molecule has 25 heavy (non-hydrogen) atoms. The predicted octanol–water partition coefficient (Wildman–Crippen LogP) is 4.41. The summed E-state index contributed by atoms with van der Waals surface area (Å²) in [4.78, 5) is 15.3. The normalized spacial score (nSPS) is 16.2. The minimum atomic E-state index is 0.115. The summed E-state index contributed by atoms with van der Waals surface area (Å²) < 4.78 is 5.40. The highest BCUT2D eigenvalue weighted by Gasteiger charge is 2.28. The van der Waals surface area contributed by atoms with Gasteiger partial charge in [-0.2, -0.15) is 0 Å². The van der Waals surface area contributed by atoms with Crippen LogP contribution in [0.25, 0.3) is 0 Å². The number of rotatable bonds is 5. The molecule has 0 saturated carbocycles. The lowest BCUT2D eigenvalue weighted by Crippen LogP contribution is -2.43. The average Bonchev–Trinajstić information content (AvgIpc) is 2.65. The number of fused-ring (bicyclic) bond motifs is 1. The molecule has 1 unspecified atom stereocenters. The Kier molecular flexibility index (Phi) is 5.42. The molecular formula is C22H27NO2. The maximum Gasteiger partial charge on any atom is 0.254 e. The monoisotopic (exact) mass is 337 g/mol. The van der Waals surface area contributed by atoms with Crippen LogP contribution in [0.1, 0.15) is 46.8 Å². The van der Waals surface area contributed by atoms with Crippen molar-refractivity contribution in [3.63, 3.8) is 0 Å². The van der Waals surface area contributed by atoms with E-state index in [0.29, 0.717) is 0 Å². The van der Waals surface area contributed by atoms with Crippen molar-refractivity contribution in [2.24, 2.45) is 0 Å². The number of carbonyl (C=O) groups excluding carboxylic acids is 1. The van der Waals surface area contributed by atoms with E-state index in [9.17, 15) is 4.79 Å². The fraction of sp³-hybridized carbons (Fsp3) is 0.409. The van der Waals surface area contributed by atoms with Gasteiger partial charge in [-0.15, -0.1) is 0 Å². The van der Waals surface area contributed by atoms with Crippen LogP contribution in [0.15, 0.2) is 42.5 Å². The third-order valence-electron chi connectivity index (χ3n) is 5.14. The number of nitrogens with zero attached hydrogens (tertiary/aromatic N) is 1. The minimum absolute atomic E-state index is 0.115. The predicted molar refractivity (Wildman–Crippen MR) is 101 cm³/mol. The van der Waals surface area contributed by atoms with E-state index in [1.807, 2.05) is 25.1 Å². The van der Waals surface area contributed by atoms with Crippen molar-refractivity contribution >= 4 is 5.91 Å². The fourth-order valence-electron chi connectivity index (χ4n) is 3.75. The Balaban J connectivity index is 1.85. The second-order valence-corrected chi connectivity index (χ2v) is 6.85. The van der Waals surface area contributed by atoms with Crippen LogP contribution in [0.3, 0.4) is 0 Å². The highest BCUT2D eigenvalue weighted by Crippen LogP contribution is 2.27. The quantitative estimate of drug-likeness (QED) is 0.808. The van der Waals surface area contributed by atoms with Crippen molar-refractivity contribution in [2.45, 2.75) is 45.6 Å². The number of benzene rings is 2. The number of amides is 1. The molecule has 3 nitrogen and oxygen atoms in total. The molecule has 3 rings (SSSR count). The number of carbonyl (C=O) groups is 1. The van der Waals surface area contributed by atoms with Crippen molar-refractivity contribution in [2.75, 3.05) is 13.7 Å². The molecule has 0 saturated heterocycles. The summed E-state index contributed by atoms with van der Waals surface area (Å²) in [6.07, 6.45) is 4.00. The summed E-state index contributed by atoms with van der Waals surface area (Å²) >= 11 is 0. The van der Waals surface area contributed by atoms with Gasteiger partial charge < -0.3 is 9.64 Å². The molecule has 2 aromatic rings. The molecule has 0 fully saturated rings. The zero-order chi connectivity index (χ0) is 17.8. The first-order valence-corrected chi connectivity index (χ1v) is 9.16. The van der Waals surface area contributed by atoms with E-state index >= 15 is 0 Å². The lowest BCUT2D eigenvalue weighted by molar-refractivity contribution is 0.0661.